The van der Waals surface area contributed by atoms with E-state index in [2.05, 4.69) is 24.9 Å². The maximum atomic E-state index is 14.5. The maximum absolute atomic E-state index is 14.5. The highest BCUT2D eigenvalue weighted by atomic mass is 32.2. The van der Waals surface area contributed by atoms with Crippen molar-refractivity contribution >= 4 is 9.84 Å². The first-order chi connectivity index (χ1) is 16.4. The maximum Gasteiger partial charge on any atom is 0.460 e. The third-order valence-electron chi connectivity index (χ3n) is 4.90. The van der Waals surface area contributed by atoms with Gasteiger partial charge in [0.15, 0.2) is 27.3 Å². The zero-order valence-corrected chi connectivity index (χ0v) is 18.7. The van der Waals surface area contributed by atoms with Gasteiger partial charge in [0, 0.05) is 19.4 Å². The quantitative estimate of drug-likeness (QED) is 0.411. The smallest absolute Gasteiger partial charge is 0.325 e. The van der Waals surface area contributed by atoms with E-state index in [1.807, 2.05) is 0 Å². The number of aromatic nitrogens is 6. The van der Waals surface area contributed by atoms with Gasteiger partial charge in [0.2, 0.25) is 0 Å². The molecule has 0 saturated carbocycles. The molecule has 0 amide bonds. The van der Waals surface area contributed by atoms with E-state index in [4.69, 9.17) is 0 Å². The molecular formula is C18H13F9N6O2S. The summed E-state index contributed by atoms with van der Waals surface area (Å²) in [7, 11) is -3.63. The van der Waals surface area contributed by atoms with Crippen molar-refractivity contribution in [2.75, 3.05) is 5.75 Å². The van der Waals surface area contributed by atoms with Crippen LogP contribution in [0.3, 0.4) is 0 Å². The minimum Gasteiger partial charge on any atom is -0.325 e. The molecule has 0 unspecified atom stereocenters. The second-order valence-corrected chi connectivity index (χ2v) is 9.38. The van der Waals surface area contributed by atoms with Crippen molar-refractivity contribution in [2.45, 2.75) is 35.8 Å². The summed E-state index contributed by atoms with van der Waals surface area (Å²) in [6.45, 7) is 1.20. The Kier molecular flexibility index (Phi) is 6.57. The van der Waals surface area contributed by atoms with E-state index in [1.165, 1.54) is 25.4 Å². The van der Waals surface area contributed by atoms with Gasteiger partial charge < -0.3 is 4.57 Å². The van der Waals surface area contributed by atoms with Crippen LogP contribution in [-0.4, -0.2) is 61.7 Å². The predicted octanol–water partition coefficient (Wildman–Crippen LogP) is 4.05. The number of hydrogen-bond donors (Lipinski definition) is 0. The molecule has 196 valence electrons. The average Bonchev–Trinajstić information content (AvgIpc) is 3.20. The minimum absolute atomic E-state index is 0.0347. The lowest BCUT2D eigenvalue weighted by atomic mass is 10.0. The van der Waals surface area contributed by atoms with Crippen LogP contribution in [0.25, 0.3) is 23.2 Å². The lowest BCUT2D eigenvalue weighted by molar-refractivity contribution is -0.400. The number of hydrogen-bond acceptors (Lipinski definition) is 7. The summed E-state index contributed by atoms with van der Waals surface area (Å²) in [4.78, 5) is 18.0. The van der Waals surface area contributed by atoms with Crippen molar-refractivity contribution in [1.29, 1.82) is 0 Å². The fourth-order valence-electron chi connectivity index (χ4n) is 2.89. The summed E-state index contributed by atoms with van der Waals surface area (Å²) in [5.74, 6) is -22.2. The van der Waals surface area contributed by atoms with Gasteiger partial charge in [0.1, 0.15) is 16.3 Å². The van der Waals surface area contributed by atoms with Gasteiger partial charge in [-0.15, -0.1) is 0 Å². The molecule has 36 heavy (non-hydrogen) atoms. The topological polar surface area (TPSA) is 104 Å². The normalized spacial score (nSPS) is 13.8. The van der Waals surface area contributed by atoms with Crippen LogP contribution in [0.15, 0.2) is 35.7 Å². The van der Waals surface area contributed by atoms with E-state index in [0.717, 1.165) is 6.20 Å². The lowest BCUT2D eigenvalue weighted by Crippen LogP contribution is -2.59. The predicted molar refractivity (Wildman–Crippen MR) is 103 cm³/mol. The summed E-state index contributed by atoms with van der Waals surface area (Å²) in [6.07, 6.45) is -3.85. The Labute approximate surface area is 196 Å². The van der Waals surface area contributed by atoms with Gasteiger partial charge in [-0.2, -0.15) is 39.5 Å². The Morgan fingerprint density at radius 2 is 1.42 bits per heavy atom. The highest BCUT2D eigenvalue weighted by molar-refractivity contribution is 7.91. The monoisotopic (exact) mass is 548 g/mol. The van der Waals surface area contributed by atoms with Crippen LogP contribution >= 0.6 is 0 Å². The summed E-state index contributed by atoms with van der Waals surface area (Å²) < 4.78 is 146. The number of alkyl halides is 9. The van der Waals surface area contributed by atoms with Gasteiger partial charge in [0.25, 0.3) is 0 Å². The van der Waals surface area contributed by atoms with E-state index in [9.17, 15) is 47.9 Å². The zero-order chi connectivity index (χ0) is 27.3. The van der Waals surface area contributed by atoms with E-state index >= 15 is 0 Å². The molecule has 0 atom stereocenters. The van der Waals surface area contributed by atoms with Gasteiger partial charge in [-0.25, -0.2) is 33.3 Å². The molecule has 3 heterocycles. The number of nitrogens with zero attached hydrogens (tertiary/aromatic N) is 6. The molecule has 0 N–H and O–H groups in total. The highest BCUT2D eigenvalue weighted by Crippen LogP contribution is 2.56. The van der Waals surface area contributed by atoms with Crippen molar-refractivity contribution in [3.8, 4) is 23.2 Å². The van der Waals surface area contributed by atoms with E-state index in [-0.39, 0.29) is 22.4 Å². The lowest BCUT2D eigenvalue weighted by Gasteiger charge is -2.33. The van der Waals surface area contributed by atoms with Crippen LogP contribution < -0.4 is 0 Å². The molecule has 0 aromatic carbocycles. The molecule has 3 rings (SSSR count). The number of rotatable bonds is 7. The first-order valence-corrected chi connectivity index (χ1v) is 11.1. The van der Waals surface area contributed by atoms with Crippen LogP contribution in [0.2, 0.25) is 0 Å². The average molecular weight is 548 g/mol. The highest BCUT2D eigenvalue weighted by Gasteiger charge is 2.82. The number of sulfone groups is 1. The molecule has 0 spiro atoms. The number of halogens is 9. The first kappa shape index (κ1) is 27.3. The fourth-order valence-corrected chi connectivity index (χ4v) is 3.85. The molecule has 0 aliphatic heterocycles. The molecule has 0 saturated heterocycles. The van der Waals surface area contributed by atoms with Crippen molar-refractivity contribution in [1.82, 2.24) is 29.5 Å². The standard InChI is InChI=1S/C18H13F9N6O2S/c1-3-36(34,35)9-7-30-13(12-28-5-4-6-29-12)32-11(9)14-31-8-10(33(14)2)15(19,20)16(21,22)17(23,24)18(25,26)27/h4-8H,3H2,1-2H3. The second-order valence-electron chi connectivity index (χ2n) is 7.13. The Morgan fingerprint density at radius 3 is 1.94 bits per heavy atom. The van der Waals surface area contributed by atoms with Crippen LogP contribution in [0.4, 0.5) is 39.5 Å². The summed E-state index contributed by atoms with van der Waals surface area (Å²) in [6, 6.07) is 1.41. The Hall–Kier alpha value is -3.31. The zero-order valence-electron chi connectivity index (χ0n) is 17.9. The summed E-state index contributed by atoms with van der Waals surface area (Å²) in [5, 5.41) is 0. The molecule has 3 aromatic heterocycles. The van der Waals surface area contributed by atoms with Crippen LogP contribution in [0, 0.1) is 0 Å². The largest absolute Gasteiger partial charge is 0.460 e. The van der Waals surface area contributed by atoms with Gasteiger partial charge in [-0.3, -0.25) is 0 Å². The number of imidazole rings is 1. The molecule has 0 aliphatic carbocycles. The third kappa shape index (κ3) is 4.16. The molecule has 8 nitrogen and oxygen atoms in total. The van der Waals surface area contributed by atoms with E-state index < -0.39 is 61.6 Å². The van der Waals surface area contributed by atoms with Crippen molar-refractivity contribution in [3.05, 3.63) is 36.5 Å². The van der Waals surface area contributed by atoms with Crippen molar-refractivity contribution < 1.29 is 47.9 Å². The Bertz CT molecular complexity index is 1380. The molecule has 0 fully saturated rings. The van der Waals surface area contributed by atoms with Crippen LogP contribution in [-0.2, 0) is 22.8 Å². The third-order valence-corrected chi connectivity index (χ3v) is 6.63. The molecule has 18 heteroatoms. The molecule has 0 bridgehead atoms. The van der Waals surface area contributed by atoms with Crippen molar-refractivity contribution in [2.24, 2.45) is 7.05 Å². The Morgan fingerprint density at radius 1 is 0.833 bits per heavy atom. The van der Waals surface area contributed by atoms with Gasteiger partial charge in [-0.05, 0) is 6.07 Å². The Balaban J connectivity index is 2.25. The van der Waals surface area contributed by atoms with Gasteiger partial charge in [0.05, 0.1) is 18.1 Å². The summed E-state index contributed by atoms with van der Waals surface area (Å²) in [5.41, 5.74) is -2.80. The molecular weight excluding hydrogens is 535 g/mol. The van der Waals surface area contributed by atoms with Gasteiger partial charge >= 0.3 is 23.9 Å². The van der Waals surface area contributed by atoms with Crippen LogP contribution in [0.5, 0.6) is 0 Å². The molecule has 0 radical (unpaired) electrons. The first-order valence-electron chi connectivity index (χ1n) is 9.50. The molecule has 0 aliphatic rings. The van der Waals surface area contributed by atoms with Crippen LogP contribution in [0.1, 0.15) is 12.6 Å². The van der Waals surface area contributed by atoms with E-state index in [1.54, 1.807) is 0 Å². The van der Waals surface area contributed by atoms with Crippen molar-refractivity contribution in [3.63, 3.8) is 0 Å². The minimum atomic E-state index is -7.13. The summed E-state index contributed by atoms with van der Waals surface area (Å²) >= 11 is 0. The molecule has 3 aromatic rings. The second kappa shape index (κ2) is 8.67. The SMILES string of the molecule is CCS(=O)(=O)c1cnc(-c2ncccn2)nc1-c1ncc(C(F)(F)C(F)(F)C(F)(F)C(F)(F)F)n1C. The van der Waals surface area contributed by atoms with E-state index in [0.29, 0.717) is 7.05 Å². The van der Waals surface area contributed by atoms with Gasteiger partial charge in [-0.1, -0.05) is 6.92 Å². The fraction of sp³-hybridized carbons (Fsp3) is 0.389.